The van der Waals surface area contributed by atoms with Gasteiger partial charge < -0.3 is 10.2 Å². The van der Waals surface area contributed by atoms with Crippen molar-refractivity contribution in [3.63, 3.8) is 0 Å². The molecule has 0 radical (unpaired) electrons. The number of sulfone groups is 1. The summed E-state index contributed by atoms with van der Waals surface area (Å²) in [6.45, 7) is 23.5. The average molecular weight is 647 g/mol. The number of benzene rings is 1. The maximum Gasteiger partial charge on any atom is 0.152 e. The minimum atomic E-state index is -2.84. The fraction of sp³-hybridized carbons (Fsp3) is 0.756. The van der Waals surface area contributed by atoms with Crippen molar-refractivity contribution in [3.05, 3.63) is 54.1 Å². The molecule has 1 N–H and O–H groups in total. The second kappa shape index (κ2) is 11.3. The van der Waals surface area contributed by atoms with E-state index in [1.54, 1.807) is 5.57 Å². The molecule has 7 rings (SSSR count). The van der Waals surface area contributed by atoms with Crippen LogP contribution in [0.1, 0.15) is 105 Å². The molecule has 4 saturated carbocycles. The van der Waals surface area contributed by atoms with Crippen LogP contribution in [0, 0.1) is 51.2 Å². The predicted octanol–water partition coefficient (Wildman–Crippen LogP) is 8.41. The van der Waals surface area contributed by atoms with Crippen LogP contribution in [-0.2, 0) is 9.84 Å². The molecule has 1 heterocycles. The molecule has 46 heavy (non-hydrogen) atoms. The summed E-state index contributed by atoms with van der Waals surface area (Å²) in [5.41, 5.74) is 5.79. The Morgan fingerprint density at radius 1 is 0.891 bits per heavy atom. The second-order valence-corrected chi connectivity index (χ2v) is 20.5. The summed E-state index contributed by atoms with van der Waals surface area (Å²) in [5.74, 6) is 4.09. The summed E-state index contributed by atoms with van der Waals surface area (Å²) in [7, 11) is -2.84. The van der Waals surface area contributed by atoms with E-state index in [0.29, 0.717) is 58.6 Å². The number of hydrogen-bond acceptors (Lipinski definition) is 4. The molecule has 9 atom stereocenters. The van der Waals surface area contributed by atoms with Gasteiger partial charge in [0.2, 0.25) is 0 Å². The molecule has 1 aromatic rings. The standard InChI is InChI=1S/C41H62N2O2S/c1-29(2)31-15-20-41(42-23-24-43-25-27-46(44,45)28-26-43)22-21-39(6)33(36(31)41)13-14-35-38(5)18-16-32(30-11-9-8-10-12-30)37(3,4)34(38)17-19-40(35,39)7/h8-12,16,31,33-36,42H,1,13-15,17-28H2,2-7H3/t31-,33+,34-,35+,36+,38-,39+,40+,41?/m0/s1. The van der Waals surface area contributed by atoms with Gasteiger partial charge in [-0.3, -0.25) is 0 Å². The van der Waals surface area contributed by atoms with Crippen LogP contribution in [0.4, 0.5) is 0 Å². The van der Waals surface area contributed by atoms with Crippen LogP contribution in [0.3, 0.4) is 0 Å². The lowest BCUT2D eigenvalue weighted by Gasteiger charge is -2.72. The Bertz CT molecular complexity index is 1470. The Labute approximate surface area is 281 Å². The van der Waals surface area contributed by atoms with Crippen LogP contribution in [0.15, 0.2) is 48.6 Å². The maximum atomic E-state index is 12.0. The highest BCUT2D eigenvalue weighted by Gasteiger charge is 2.70. The van der Waals surface area contributed by atoms with Gasteiger partial charge in [0, 0.05) is 31.7 Å². The van der Waals surface area contributed by atoms with Crippen LogP contribution in [0.5, 0.6) is 0 Å². The van der Waals surface area contributed by atoms with Crippen LogP contribution >= 0.6 is 0 Å². The lowest BCUT2D eigenvalue weighted by molar-refractivity contribution is -0.219. The lowest BCUT2D eigenvalue weighted by Crippen LogP contribution is -2.68. The molecule has 6 aliphatic rings. The average Bonchev–Trinajstić information content (AvgIpc) is 3.39. The van der Waals surface area contributed by atoms with Gasteiger partial charge in [-0.2, -0.15) is 0 Å². The highest BCUT2D eigenvalue weighted by Crippen LogP contribution is 2.76. The van der Waals surface area contributed by atoms with Crippen molar-refractivity contribution in [1.82, 2.24) is 10.2 Å². The molecular weight excluding hydrogens is 585 g/mol. The third kappa shape index (κ3) is 4.90. The van der Waals surface area contributed by atoms with Gasteiger partial charge in [-0.25, -0.2) is 8.42 Å². The molecule has 0 bridgehead atoms. The molecule has 0 aromatic heterocycles. The van der Waals surface area contributed by atoms with Gasteiger partial charge in [0.25, 0.3) is 0 Å². The third-order valence-corrected chi connectivity index (χ3v) is 17.7. The molecule has 0 amide bonds. The summed E-state index contributed by atoms with van der Waals surface area (Å²) in [5, 5.41) is 4.23. The first-order valence-electron chi connectivity index (χ1n) is 18.8. The smallest absolute Gasteiger partial charge is 0.152 e. The molecule has 1 saturated heterocycles. The van der Waals surface area contributed by atoms with E-state index in [1.807, 2.05) is 0 Å². The molecule has 1 aromatic carbocycles. The van der Waals surface area contributed by atoms with Gasteiger partial charge in [-0.15, -0.1) is 0 Å². The minimum Gasteiger partial charge on any atom is -0.310 e. The molecule has 5 fully saturated rings. The van der Waals surface area contributed by atoms with E-state index in [9.17, 15) is 8.42 Å². The van der Waals surface area contributed by atoms with E-state index in [-0.39, 0.29) is 11.0 Å². The Balaban J connectivity index is 1.15. The molecular formula is C41H62N2O2S. The van der Waals surface area contributed by atoms with E-state index in [1.165, 1.54) is 68.9 Å². The SMILES string of the molecule is C=C(C)[C@@H]1CCC2(NCCN3CCS(=O)(=O)CC3)CC[C@]3(C)[C@H](CC[C@@H]4[C@@]5(C)CC=C(c6ccccc6)C(C)(C)[C@@H]5CC[C@]43C)[C@@H]12. The number of nitrogens with one attached hydrogen (secondary N) is 1. The number of allylic oxidation sites excluding steroid dienone is 3. The van der Waals surface area contributed by atoms with Crippen molar-refractivity contribution in [2.75, 3.05) is 37.7 Å². The van der Waals surface area contributed by atoms with Crippen LogP contribution in [0.25, 0.3) is 5.57 Å². The Kier molecular flexibility index (Phi) is 8.13. The van der Waals surface area contributed by atoms with Crippen LogP contribution in [-0.4, -0.2) is 56.5 Å². The van der Waals surface area contributed by atoms with Crippen molar-refractivity contribution < 1.29 is 8.42 Å². The van der Waals surface area contributed by atoms with E-state index >= 15 is 0 Å². The van der Waals surface area contributed by atoms with Crippen molar-refractivity contribution in [2.24, 2.45) is 51.2 Å². The first-order chi connectivity index (χ1) is 21.7. The third-order valence-electron chi connectivity index (χ3n) is 16.1. The molecule has 1 unspecified atom stereocenters. The largest absolute Gasteiger partial charge is 0.310 e. The fourth-order valence-electron chi connectivity index (χ4n) is 13.6. The molecule has 4 nitrogen and oxygen atoms in total. The Morgan fingerprint density at radius 3 is 2.30 bits per heavy atom. The number of hydrogen-bond donors (Lipinski definition) is 1. The van der Waals surface area contributed by atoms with Gasteiger partial charge in [0.15, 0.2) is 9.84 Å². The summed E-state index contributed by atoms with van der Waals surface area (Å²) < 4.78 is 24.0. The highest BCUT2D eigenvalue weighted by atomic mass is 32.2. The first kappa shape index (κ1) is 33.1. The maximum absolute atomic E-state index is 12.0. The van der Waals surface area contributed by atoms with Gasteiger partial charge in [-0.05, 0) is 127 Å². The zero-order chi connectivity index (χ0) is 32.8. The van der Waals surface area contributed by atoms with Crippen LogP contribution in [0.2, 0.25) is 0 Å². The lowest BCUT2D eigenvalue weighted by atomic mass is 9.33. The van der Waals surface area contributed by atoms with Gasteiger partial charge in [-0.1, -0.05) is 83.2 Å². The van der Waals surface area contributed by atoms with Gasteiger partial charge in [0.05, 0.1) is 11.5 Å². The molecule has 0 spiro atoms. The number of rotatable bonds is 6. The van der Waals surface area contributed by atoms with Crippen molar-refractivity contribution in [1.29, 1.82) is 0 Å². The molecule has 1 aliphatic heterocycles. The monoisotopic (exact) mass is 646 g/mol. The van der Waals surface area contributed by atoms with E-state index in [2.05, 4.69) is 94.7 Å². The number of fused-ring (bicyclic) bond motifs is 7. The van der Waals surface area contributed by atoms with E-state index in [4.69, 9.17) is 0 Å². The summed E-state index contributed by atoms with van der Waals surface area (Å²) in [6.07, 6.45) is 14.4. The Morgan fingerprint density at radius 2 is 1.61 bits per heavy atom. The first-order valence-corrected chi connectivity index (χ1v) is 20.6. The zero-order valence-electron chi connectivity index (χ0n) is 29.8. The zero-order valence-corrected chi connectivity index (χ0v) is 30.7. The minimum absolute atomic E-state index is 0.175. The van der Waals surface area contributed by atoms with E-state index < -0.39 is 9.84 Å². The van der Waals surface area contributed by atoms with E-state index in [0.717, 1.165) is 24.9 Å². The topological polar surface area (TPSA) is 49.4 Å². The number of nitrogens with zero attached hydrogens (tertiary/aromatic N) is 1. The van der Waals surface area contributed by atoms with Gasteiger partial charge >= 0.3 is 0 Å². The normalized spacial score (nSPS) is 44.7. The summed E-state index contributed by atoms with van der Waals surface area (Å²) >= 11 is 0. The van der Waals surface area contributed by atoms with Crippen LogP contribution < -0.4 is 5.32 Å². The molecule has 5 aliphatic carbocycles. The highest BCUT2D eigenvalue weighted by molar-refractivity contribution is 7.91. The molecule has 254 valence electrons. The predicted molar refractivity (Wildman–Crippen MR) is 192 cm³/mol. The summed E-state index contributed by atoms with van der Waals surface area (Å²) in [4.78, 5) is 2.37. The van der Waals surface area contributed by atoms with Gasteiger partial charge in [0.1, 0.15) is 0 Å². The summed E-state index contributed by atoms with van der Waals surface area (Å²) in [6, 6.07) is 11.2. The van der Waals surface area contributed by atoms with Crippen molar-refractivity contribution >= 4 is 15.4 Å². The second-order valence-electron chi connectivity index (χ2n) is 18.2. The molecule has 5 heteroatoms. The Hall–Kier alpha value is -1.43. The van der Waals surface area contributed by atoms with Crippen molar-refractivity contribution in [3.8, 4) is 0 Å². The van der Waals surface area contributed by atoms with Crippen molar-refractivity contribution in [2.45, 2.75) is 105 Å². The quantitative estimate of drug-likeness (QED) is 0.316. The fourth-order valence-corrected chi connectivity index (χ4v) is 14.9.